The molecule has 4 nitrogen and oxygen atoms in total. The van der Waals surface area contributed by atoms with Crippen LogP contribution in [0.15, 0.2) is 48.5 Å². The first kappa shape index (κ1) is 26.0. The van der Waals surface area contributed by atoms with E-state index in [9.17, 15) is 31.1 Å². The molecule has 0 bridgehead atoms. The Morgan fingerprint density at radius 2 is 1.44 bits per heavy atom. The first-order chi connectivity index (χ1) is 15.7. The number of alkyl halides is 6. The van der Waals surface area contributed by atoms with Crippen molar-refractivity contribution in [1.29, 1.82) is 0 Å². The second kappa shape index (κ2) is 9.22. The first-order valence-electron chi connectivity index (χ1n) is 10.7. The monoisotopic (exact) mass is 488 g/mol. The Morgan fingerprint density at radius 1 is 0.941 bits per heavy atom. The highest BCUT2D eigenvalue weighted by atomic mass is 19.4. The zero-order chi connectivity index (χ0) is 25.4. The fourth-order valence-corrected chi connectivity index (χ4v) is 4.32. The molecule has 1 fully saturated rings. The van der Waals surface area contributed by atoms with Gasteiger partial charge in [-0.05, 0) is 61.9 Å². The van der Waals surface area contributed by atoms with Crippen LogP contribution in [0.25, 0.3) is 0 Å². The molecule has 0 spiro atoms. The van der Waals surface area contributed by atoms with E-state index in [1.807, 2.05) is 30.3 Å². The van der Waals surface area contributed by atoms with Gasteiger partial charge >= 0.3 is 12.4 Å². The van der Waals surface area contributed by atoms with Crippen LogP contribution in [0.4, 0.5) is 26.3 Å². The van der Waals surface area contributed by atoms with Gasteiger partial charge in [-0.3, -0.25) is 4.79 Å². The Balaban J connectivity index is 1.89. The van der Waals surface area contributed by atoms with Crippen molar-refractivity contribution in [2.45, 2.75) is 62.0 Å². The summed E-state index contributed by atoms with van der Waals surface area (Å²) in [4.78, 5) is 11.8. The van der Waals surface area contributed by atoms with Gasteiger partial charge in [0.25, 0.3) is 0 Å². The Kier molecular flexibility index (Phi) is 7.06. The van der Waals surface area contributed by atoms with Gasteiger partial charge in [0.2, 0.25) is 5.91 Å². The quantitative estimate of drug-likeness (QED) is 0.528. The average molecular weight is 488 g/mol. The molecular weight excluding hydrogens is 462 g/mol. The number of amides is 1. The molecule has 0 radical (unpaired) electrons. The smallest absolute Gasteiger partial charge is 0.373 e. The van der Waals surface area contributed by atoms with Gasteiger partial charge in [-0.15, -0.1) is 0 Å². The summed E-state index contributed by atoms with van der Waals surface area (Å²) in [5, 5.41) is 0. The van der Waals surface area contributed by atoms with Crippen LogP contribution in [-0.2, 0) is 27.3 Å². The summed E-state index contributed by atoms with van der Waals surface area (Å²) in [5.74, 6) is -0.618. The first-order valence-corrected chi connectivity index (χ1v) is 10.7. The SMILES string of the molecule is CC(OCC1(c2ccccc2)CCC(N)(C(N)=O)CC1)c1cc(C(F)(F)F)cc(C(F)(F)F)c1. The molecule has 0 aromatic heterocycles. The number of rotatable bonds is 6. The summed E-state index contributed by atoms with van der Waals surface area (Å²) in [5.41, 5.74) is 7.65. The second-order valence-corrected chi connectivity index (χ2v) is 8.96. The molecule has 1 saturated carbocycles. The lowest BCUT2D eigenvalue weighted by Crippen LogP contribution is -2.56. The number of hydrogen-bond acceptors (Lipinski definition) is 3. The van der Waals surface area contributed by atoms with Gasteiger partial charge in [0.15, 0.2) is 0 Å². The largest absolute Gasteiger partial charge is 0.416 e. The number of primary amides is 1. The molecule has 3 rings (SSSR count). The summed E-state index contributed by atoms with van der Waals surface area (Å²) < 4.78 is 85.3. The molecule has 1 amide bonds. The van der Waals surface area contributed by atoms with Crippen LogP contribution in [0.3, 0.4) is 0 Å². The van der Waals surface area contributed by atoms with Crippen LogP contribution < -0.4 is 11.5 Å². The minimum Gasteiger partial charge on any atom is -0.373 e. The highest BCUT2D eigenvalue weighted by Gasteiger charge is 2.45. The fraction of sp³-hybridized carbons (Fsp3) is 0.458. The van der Waals surface area contributed by atoms with Crippen molar-refractivity contribution in [3.05, 3.63) is 70.8 Å². The van der Waals surface area contributed by atoms with Gasteiger partial charge in [-0.25, -0.2) is 0 Å². The number of nitrogens with two attached hydrogens (primary N) is 2. The van der Waals surface area contributed by atoms with Gasteiger partial charge < -0.3 is 16.2 Å². The molecule has 1 unspecified atom stereocenters. The van der Waals surface area contributed by atoms with E-state index in [0.29, 0.717) is 25.0 Å². The van der Waals surface area contributed by atoms with Crippen molar-refractivity contribution in [3.63, 3.8) is 0 Å². The number of carbonyl (C=O) groups is 1. The van der Waals surface area contributed by atoms with E-state index in [4.69, 9.17) is 16.2 Å². The summed E-state index contributed by atoms with van der Waals surface area (Å²) in [7, 11) is 0. The van der Waals surface area contributed by atoms with Gasteiger partial charge in [-0.2, -0.15) is 26.3 Å². The molecule has 1 aliphatic carbocycles. The van der Waals surface area contributed by atoms with Gasteiger partial charge in [0.1, 0.15) is 0 Å². The van der Waals surface area contributed by atoms with Crippen LogP contribution in [0, 0.1) is 0 Å². The van der Waals surface area contributed by atoms with Crippen LogP contribution >= 0.6 is 0 Å². The molecule has 4 N–H and O–H groups in total. The standard InChI is InChI=1S/C24H26F6N2O2/c1-15(16-11-18(23(25,26)27)13-19(12-16)24(28,29)30)34-14-21(17-5-3-2-4-6-17)7-9-22(32,10-8-21)20(31)33/h2-6,11-13,15H,7-10,14,32H2,1H3,(H2,31,33). The van der Waals surface area contributed by atoms with E-state index in [1.165, 1.54) is 6.92 Å². The van der Waals surface area contributed by atoms with Crippen molar-refractivity contribution < 1.29 is 35.9 Å². The van der Waals surface area contributed by atoms with Gasteiger partial charge in [0.05, 0.1) is 29.4 Å². The zero-order valence-electron chi connectivity index (χ0n) is 18.5. The minimum absolute atomic E-state index is 0.0185. The molecule has 186 valence electrons. The number of benzene rings is 2. The summed E-state index contributed by atoms with van der Waals surface area (Å²) in [6.07, 6.45) is -9.55. The molecule has 1 atom stereocenters. The van der Waals surface area contributed by atoms with Crippen molar-refractivity contribution in [2.24, 2.45) is 11.5 Å². The maximum absolute atomic E-state index is 13.2. The third-order valence-corrected chi connectivity index (χ3v) is 6.67. The van der Waals surface area contributed by atoms with Gasteiger partial charge in [0, 0.05) is 5.41 Å². The second-order valence-electron chi connectivity index (χ2n) is 8.96. The number of hydrogen-bond donors (Lipinski definition) is 2. The lowest BCUT2D eigenvalue weighted by atomic mass is 9.64. The molecule has 34 heavy (non-hydrogen) atoms. The van der Waals surface area contributed by atoms with Crippen molar-refractivity contribution in [2.75, 3.05) is 6.61 Å². The molecule has 0 heterocycles. The number of halogens is 6. The Bertz CT molecular complexity index is 980. The predicted octanol–water partition coefficient (Wildman–Crippen LogP) is 5.50. The van der Waals surface area contributed by atoms with Crippen LogP contribution in [0.1, 0.15) is 61.0 Å². The van der Waals surface area contributed by atoms with E-state index in [0.717, 1.165) is 5.56 Å². The maximum atomic E-state index is 13.2. The van der Waals surface area contributed by atoms with E-state index < -0.39 is 46.4 Å². The zero-order valence-corrected chi connectivity index (χ0v) is 18.5. The predicted molar refractivity (Wildman–Crippen MR) is 114 cm³/mol. The van der Waals surface area contributed by atoms with E-state index in [1.54, 1.807) is 0 Å². The van der Waals surface area contributed by atoms with E-state index >= 15 is 0 Å². The third kappa shape index (κ3) is 5.55. The fourth-order valence-electron chi connectivity index (χ4n) is 4.32. The van der Waals surface area contributed by atoms with Crippen LogP contribution in [-0.4, -0.2) is 18.1 Å². The summed E-state index contributed by atoms with van der Waals surface area (Å²) in [6, 6.07) is 10.6. The maximum Gasteiger partial charge on any atom is 0.416 e. The summed E-state index contributed by atoms with van der Waals surface area (Å²) >= 11 is 0. The normalized spacial score (nSPS) is 24.6. The molecule has 2 aromatic rings. The van der Waals surface area contributed by atoms with E-state index in [-0.39, 0.29) is 31.1 Å². The molecule has 2 aromatic carbocycles. The Hall–Kier alpha value is -2.59. The Labute approximate surface area is 193 Å². The molecule has 0 aliphatic heterocycles. The lowest BCUT2D eigenvalue weighted by Gasteiger charge is -2.44. The van der Waals surface area contributed by atoms with E-state index in [2.05, 4.69) is 0 Å². The molecular formula is C24H26F6N2O2. The highest BCUT2D eigenvalue weighted by Crippen LogP contribution is 2.44. The minimum atomic E-state index is -4.94. The molecule has 0 saturated heterocycles. The topological polar surface area (TPSA) is 78.3 Å². The van der Waals surface area contributed by atoms with Gasteiger partial charge in [-0.1, -0.05) is 30.3 Å². The highest BCUT2D eigenvalue weighted by molar-refractivity contribution is 5.84. The number of carbonyl (C=O) groups excluding carboxylic acids is 1. The van der Waals surface area contributed by atoms with Crippen molar-refractivity contribution in [3.8, 4) is 0 Å². The summed E-state index contributed by atoms with van der Waals surface area (Å²) in [6.45, 7) is 1.43. The van der Waals surface area contributed by atoms with Crippen molar-refractivity contribution in [1.82, 2.24) is 0 Å². The van der Waals surface area contributed by atoms with Crippen LogP contribution in [0.5, 0.6) is 0 Å². The average Bonchev–Trinajstić information content (AvgIpc) is 2.78. The molecule has 10 heteroatoms. The lowest BCUT2D eigenvalue weighted by molar-refractivity contribution is -0.143. The Morgan fingerprint density at radius 3 is 1.88 bits per heavy atom. The number of ether oxygens (including phenoxy) is 1. The van der Waals surface area contributed by atoms with Crippen LogP contribution in [0.2, 0.25) is 0 Å². The van der Waals surface area contributed by atoms with Crippen molar-refractivity contribution >= 4 is 5.91 Å². The molecule has 1 aliphatic rings. The third-order valence-electron chi connectivity index (χ3n) is 6.67.